The number of halogens is 6. The van der Waals surface area contributed by atoms with E-state index in [0.717, 1.165) is 11.4 Å². The maximum atomic E-state index is 15.1. The molecule has 0 saturated heterocycles. The van der Waals surface area contributed by atoms with Crippen molar-refractivity contribution in [1.82, 2.24) is 19.9 Å². The predicted molar refractivity (Wildman–Crippen MR) is 137 cm³/mol. The first-order valence-corrected chi connectivity index (χ1v) is 13.4. The number of nitrogens with zero attached hydrogens (tertiary/aromatic N) is 4. The Hall–Kier alpha value is -2.99. The molecule has 0 spiro atoms. The van der Waals surface area contributed by atoms with Gasteiger partial charge in [0.25, 0.3) is 5.92 Å². The van der Waals surface area contributed by atoms with Crippen LogP contribution in [0, 0.1) is 5.41 Å². The molecule has 6 rings (SSSR count). The van der Waals surface area contributed by atoms with Gasteiger partial charge in [-0.15, -0.1) is 0 Å². The second-order valence-electron chi connectivity index (χ2n) is 11.5. The molecule has 3 atom stereocenters. The molecule has 1 aromatic carbocycles. The summed E-state index contributed by atoms with van der Waals surface area (Å²) in [6.07, 6.45) is -1.69. The first kappa shape index (κ1) is 27.2. The molecule has 40 heavy (non-hydrogen) atoms. The number of alkyl halides is 5. The Bertz CT molecular complexity index is 1490. The number of benzene rings is 1. The minimum atomic E-state index is -4.63. The van der Waals surface area contributed by atoms with Crippen LogP contribution in [0.5, 0.6) is 0 Å². The molecule has 2 aromatic heterocycles. The molecular formula is C27H27ClF5N5O2. The predicted octanol–water partition coefficient (Wildman–Crippen LogP) is 5.51. The number of hydrogen-bond acceptors (Lipinski definition) is 5. The van der Waals surface area contributed by atoms with Gasteiger partial charge in [0.2, 0.25) is 5.91 Å². The number of aliphatic hydroxyl groups excluding tert-OH is 1. The molecule has 214 valence electrons. The summed E-state index contributed by atoms with van der Waals surface area (Å²) in [5.41, 5.74) is -3.45. The van der Waals surface area contributed by atoms with Crippen molar-refractivity contribution in [3.05, 3.63) is 52.9 Å². The highest BCUT2D eigenvalue weighted by atomic mass is 35.5. The highest BCUT2D eigenvalue weighted by Gasteiger charge is 2.82. The maximum Gasteiger partial charge on any atom is 0.401 e. The van der Waals surface area contributed by atoms with Gasteiger partial charge in [-0.25, -0.2) is 18.3 Å². The third kappa shape index (κ3) is 3.82. The molecule has 2 saturated carbocycles. The first-order chi connectivity index (χ1) is 18.7. The molecule has 13 heteroatoms. The minimum absolute atomic E-state index is 0.00625. The van der Waals surface area contributed by atoms with Crippen molar-refractivity contribution < 1.29 is 31.9 Å². The molecule has 7 nitrogen and oxygen atoms in total. The fourth-order valence-electron chi connectivity index (χ4n) is 6.30. The second kappa shape index (κ2) is 8.75. The van der Waals surface area contributed by atoms with Crippen LogP contribution in [0.3, 0.4) is 0 Å². The zero-order valence-electron chi connectivity index (χ0n) is 21.6. The molecule has 2 aliphatic carbocycles. The number of nitrogens with one attached hydrogen (secondary N) is 1. The van der Waals surface area contributed by atoms with Crippen molar-refractivity contribution in [2.24, 2.45) is 5.41 Å². The number of amides is 1. The quantitative estimate of drug-likeness (QED) is 0.396. The van der Waals surface area contributed by atoms with Crippen LogP contribution in [0.1, 0.15) is 56.7 Å². The molecule has 0 unspecified atom stereocenters. The smallest absolute Gasteiger partial charge is 0.393 e. The fourth-order valence-corrected chi connectivity index (χ4v) is 6.47. The van der Waals surface area contributed by atoms with Gasteiger partial charge in [0.05, 0.1) is 29.6 Å². The highest BCUT2D eigenvalue weighted by molar-refractivity contribution is 6.29. The second-order valence-corrected chi connectivity index (χ2v) is 11.9. The van der Waals surface area contributed by atoms with Gasteiger partial charge in [0, 0.05) is 24.3 Å². The largest absolute Gasteiger partial charge is 0.401 e. The number of hydrogen-bond donors (Lipinski definition) is 2. The monoisotopic (exact) mass is 583 g/mol. The molecule has 1 amide bonds. The summed E-state index contributed by atoms with van der Waals surface area (Å²) in [4.78, 5) is 18.6. The van der Waals surface area contributed by atoms with E-state index in [0.29, 0.717) is 31.4 Å². The highest BCUT2D eigenvalue weighted by Crippen LogP contribution is 2.71. The normalized spacial score (nSPS) is 31.3. The van der Waals surface area contributed by atoms with E-state index >= 15 is 8.78 Å². The van der Waals surface area contributed by atoms with Crippen LogP contribution in [-0.4, -0.2) is 56.4 Å². The van der Waals surface area contributed by atoms with E-state index in [1.165, 1.54) is 48.4 Å². The fraction of sp³-hybridized carbons (Fsp3) is 0.519. The zero-order chi connectivity index (χ0) is 28.8. The lowest BCUT2D eigenvalue weighted by Gasteiger charge is -2.28. The van der Waals surface area contributed by atoms with E-state index in [9.17, 15) is 23.1 Å². The summed E-state index contributed by atoms with van der Waals surface area (Å²) in [5, 5.41) is 16.4. The molecule has 3 heterocycles. The lowest BCUT2D eigenvalue weighted by molar-refractivity contribution is -0.181. The summed E-state index contributed by atoms with van der Waals surface area (Å²) in [7, 11) is 0. The zero-order valence-corrected chi connectivity index (χ0v) is 22.4. The number of aliphatic hydroxyl groups is 1. The number of aromatic nitrogens is 3. The Morgan fingerprint density at radius 3 is 2.40 bits per heavy atom. The summed E-state index contributed by atoms with van der Waals surface area (Å²) < 4.78 is 74.5. The van der Waals surface area contributed by atoms with E-state index in [2.05, 4.69) is 15.4 Å². The van der Waals surface area contributed by atoms with Gasteiger partial charge in [0.15, 0.2) is 10.8 Å². The van der Waals surface area contributed by atoms with Crippen molar-refractivity contribution in [3.63, 3.8) is 0 Å². The molecule has 3 aliphatic rings. The van der Waals surface area contributed by atoms with Crippen molar-refractivity contribution in [2.75, 3.05) is 11.4 Å². The van der Waals surface area contributed by atoms with E-state index in [-0.39, 0.29) is 33.8 Å². The van der Waals surface area contributed by atoms with E-state index in [1.54, 1.807) is 0 Å². The van der Waals surface area contributed by atoms with Crippen molar-refractivity contribution in [2.45, 2.75) is 75.1 Å². The van der Waals surface area contributed by atoms with E-state index in [4.69, 9.17) is 11.6 Å². The van der Waals surface area contributed by atoms with Crippen LogP contribution in [0.15, 0.2) is 36.5 Å². The molecule has 1 aliphatic heterocycles. The third-order valence-electron chi connectivity index (χ3n) is 8.94. The van der Waals surface area contributed by atoms with Crippen LogP contribution in [0.2, 0.25) is 5.15 Å². The molecule has 3 aromatic rings. The van der Waals surface area contributed by atoms with Gasteiger partial charge >= 0.3 is 6.18 Å². The molecular weight excluding hydrogens is 557 g/mol. The van der Waals surface area contributed by atoms with Crippen LogP contribution in [0.4, 0.5) is 33.3 Å². The molecule has 2 N–H and O–H groups in total. The van der Waals surface area contributed by atoms with Gasteiger partial charge in [-0.3, -0.25) is 4.79 Å². The van der Waals surface area contributed by atoms with Crippen LogP contribution >= 0.6 is 11.6 Å². The lowest BCUT2D eigenvalue weighted by atomic mass is 9.87. The van der Waals surface area contributed by atoms with Gasteiger partial charge < -0.3 is 15.3 Å². The Morgan fingerprint density at radius 2 is 1.77 bits per heavy atom. The third-order valence-corrected chi connectivity index (χ3v) is 9.12. The van der Waals surface area contributed by atoms with Gasteiger partial charge in [-0.2, -0.15) is 18.3 Å². The Morgan fingerprint density at radius 1 is 1.12 bits per heavy atom. The van der Waals surface area contributed by atoms with Crippen LogP contribution in [0.25, 0.3) is 5.65 Å². The number of carbonyl (C=O) groups excluding carboxylic acids is 1. The van der Waals surface area contributed by atoms with E-state index in [1.807, 2.05) is 0 Å². The molecule has 0 radical (unpaired) electrons. The van der Waals surface area contributed by atoms with Crippen molar-refractivity contribution >= 4 is 34.5 Å². The lowest BCUT2D eigenvalue weighted by Crippen LogP contribution is -2.43. The van der Waals surface area contributed by atoms with E-state index < -0.39 is 47.4 Å². The van der Waals surface area contributed by atoms with Gasteiger partial charge in [-0.05, 0) is 57.2 Å². The average molecular weight is 584 g/mol. The van der Waals surface area contributed by atoms with Gasteiger partial charge in [-0.1, -0.05) is 23.7 Å². The Balaban J connectivity index is 1.29. The van der Waals surface area contributed by atoms with Crippen LogP contribution in [-0.2, 0) is 10.2 Å². The standard InChI is InChI=1S/C27H27ClF5N5O2/c1-24(27(31,32)33)13-37(18-12-34-20-11-19(28)36-38(20)22(18)24)16-7-3-14(4-8-16)21-25(2,26(21,29)30)23(40)35-15-5-9-17(39)10-6-15/h3-4,7-8,11-12,15,17,21,39H,5-6,9-10,13H2,1-2H3,(H,35,40)/t15?,17?,21-,24-,25+/m1/s1. The molecule has 2 fully saturated rings. The number of anilines is 2. The topological polar surface area (TPSA) is 82.8 Å². The van der Waals surface area contributed by atoms with Crippen molar-refractivity contribution in [1.29, 1.82) is 0 Å². The number of carbonyl (C=O) groups is 1. The average Bonchev–Trinajstić information content (AvgIpc) is 3.17. The van der Waals surface area contributed by atoms with Crippen molar-refractivity contribution in [3.8, 4) is 0 Å². The number of fused-ring (bicyclic) bond motifs is 3. The SMILES string of the molecule is C[C@@]1(C(F)(F)F)CN(c2ccc([C@H]3C(F)(F)[C@]3(C)C(=O)NC3CCC(O)CC3)cc2)c2cnc3cc(Cl)nn3c21. The number of rotatable bonds is 4. The van der Waals surface area contributed by atoms with Gasteiger partial charge in [0.1, 0.15) is 10.8 Å². The summed E-state index contributed by atoms with van der Waals surface area (Å²) in [6, 6.07) is 6.94. The Kier molecular flexibility index (Phi) is 5.95. The minimum Gasteiger partial charge on any atom is -0.393 e. The van der Waals surface area contributed by atoms with Crippen LogP contribution < -0.4 is 10.2 Å². The first-order valence-electron chi connectivity index (χ1n) is 13.0. The summed E-state index contributed by atoms with van der Waals surface area (Å²) >= 11 is 5.96. The Labute approximate surface area is 231 Å². The maximum absolute atomic E-state index is 15.1. The summed E-state index contributed by atoms with van der Waals surface area (Å²) in [6.45, 7) is 1.84. The summed E-state index contributed by atoms with van der Waals surface area (Å²) in [5.74, 6) is -5.41. The molecule has 0 bridgehead atoms.